The van der Waals surface area contributed by atoms with Crippen molar-refractivity contribution < 1.29 is 4.74 Å². The first-order valence-corrected chi connectivity index (χ1v) is 7.49. The zero-order chi connectivity index (χ0) is 14.3. The van der Waals surface area contributed by atoms with Crippen LogP contribution in [0.1, 0.15) is 12.0 Å². The molecule has 1 N–H and O–H groups in total. The van der Waals surface area contributed by atoms with Gasteiger partial charge in [0.2, 0.25) is 0 Å². The normalized spacial score (nSPS) is 15.5. The van der Waals surface area contributed by atoms with E-state index in [1.54, 1.807) is 12.4 Å². The second-order valence-corrected chi connectivity index (χ2v) is 5.23. The quantitative estimate of drug-likeness (QED) is 0.935. The van der Waals surface area contributed by atoms with Crippen molar-refractivity contribution in [2.24, 2.45) is 0 Å². The van der Waals surface area contributed by atoms with Gasteiger partial charge in [-0.2, -0.15) is 0 Å². The molecule has 1 saturated heterocycles. The van der Waals surface area contributed by atoms with Crippen molar-refractivity contribution in [1.82, 2.24) is 10.3 Å². The first kappa shape index (κ1) is 13.9. The molecule has 0 amide bonds. The van der Waals surface area contributed by atoms with Crippen LogP contribution in [0.3, 0.4) is 0 Å². The molecule has 2 aromatic rings. The van der Waals surface area contributed by atoms with Crippen LogP contribution in [0, 0.1) is 0 Å². The van der Waals surface area contributed by atoms with Gasteiger partial charge in [-0.15, -0.1) is 0 Å². The molecular formula is C17H21N3O. The van der Waals surface area contributed by atoms with Gasteiger partial charge >= 0.3 is 0 Å². The molecule has 0 bridgehead atoms. The molecule has 1 aromatic heterocycles. The van der Waals surface area contributed by atoms with Crippen LogP contribution in [-0.2, 0) is 6.61 Å². The highest BCUT2D eigenvalue weighted by molar-refractivity contribution is 5.50. The Balaban J connectivity index is 1.65. The van der Waals surface area contributed by atoms with E-state index in [0.717, 1.165) is 37.5 Å². The number of hydrogen-bond acceptors (Lipinski definition) is 4. The van der Waals surface area contributed by atoms with E-state index in [9.17, 15) is 0 Å². The van der Waals surface area contributed by atoms with Crippen molar-refractivity contribution in [3.63, 3.8) is 0 Å². The molecule has 0 spiro atoms. The Morgan fingerprint density at radius 1 is 1.10 bits per heavy atom. The SMILES string of the molecule is c1cc(OCc2ccncc2)cc(N2CCCNCC2)c1. The van der Waals surface area contributed by atoms with Crippen LogP contribution in [0.5, 0.6) is 5.75 Å². The highest BCUT2D eigenvalue weighted by Crippen LogP contribution is 2.22. The lowest BCUT2D eigenvalue weighted by molar-refractivity contribution is 0.306. The standard InChI is InChI=1S/C17H21N3O/c1-3-16(20-11-2-7-18-10-12-20)13-17(4-1)21-14-15-5-8-19-9-6-15/h1,3-6,8-9,13,18H,2,7,10-12,14H2. The molecule has 0 radical (unpaired) electrons. The second-order valence-electron chi connectivity index (χ2n) is 5.23. The van der Waals surface area contributed by atoms with Crippen LogP contribution in [0.4, 0.5) is 5.69 Å². The summed E-state index contributed by atoms with van der Waals surface area (Å²) < 4.78 is 5.88. The molecule has 0 unspecified atom stereocenters. The number of hydrogen-bond donors (Lipinski definition) is 1. The minimum absolute atomic E-state index is 0.577. The summed E-state index contributed by atoms with van der Waals surface area (Å²) in [5.41, 5.74) is 2.38. The molecule has 3 rings (SSSR count). The number of nitrogens with zero attached hydrogens (tertiary/aromatic N) is 2. The van der Waals surface area contributed by atoms with Crippen molar-refractivity contribution >= 4 is 5.69 Å². The van der Waals surface area contributed by atoms with Gasteiger partial charge in [0.1, 0.15) is 12.4 Å². The average molecular weight is 283 g/mol. The second kappa shape index (κ2) is 7.09. The number of pyridine rings is 1. The monoisotopic (exact) mass is 283 g/mol. The molecule has 0 atom stereocenters. The first-order valence-electron chi connectivity index (χ1n) is 7.49. The highest BCUT2D eigenvalue weighted by Gasteiger charge is 2.10. The minimum atomic E-state index is 0.577. The molecule has 110 valence electrons. The van der Waals surface area contributed by atoms with E-state index >= 15 is 0 Å². The van der Waals surface area contributed by atoms with Gasteiger partial charge < -0.3 is 15.0 Å². The van der Waals surface area contributed by atoms with Crippen LogP contribution in [-0.4, -0.2) is 31.2 Å². The smallest absolute Gasteiger partial charge is 0.121 e. The summed E-state index contributed by atoms with van der Waals surface area (Å²) in [6, 6.07) is 12.3. The molecule has 1 fully saturated rings. The zero-order valence-corrected chi connectivity index (χ0v) is 12.2. The Hall–Kier alpha value is -2.07. The summed E-state index contributed by atoms with van der Waals surface area (Å²) in [6.45, 7) is 4.87. The highest BCUT2D eigenvalue weighted by atomic mass is 16.5. The predicted molar refractivity (Wildman–Crippen MR) is 84.7 cm³/mol. The summed E-state index contributed by atoms with van der Waals surface area (Å²) in [4.78, 5) is 6.43. The molecule has 21 heavy (non-hydrogen) atoms. The van der Waals surface area contributed by atoms with Gasteiger partial charge in [-0.3, -0.25) is 4.98 Å². The lowest BCUT2D eigenvalue weighted by Crippen LogP contribution is -2.27. The van der Waals surface area contributed by atoms with Crippen molar-refractivity contribution in [1.29, 1.82) is 0 Å². The van der Waals surface area contributed by atoms with E-state index in [0.29, 0.717) is 6.61 Å². The summed E-state index contributed by atoms with van der Waals surface area (Å²) in [5, 5.41) is 3.43. The van der Waals surface area contributed by atoms with Crippen molar-refractivity contribution in [2.75, 3.05) is 31.1 Å². The van der Waals surface area contributed by atoms with Crippen LogP contribution < -0.4 is 15.0 Å². The molecule has 2 heterocycles. The Kier molecular flexibility index (Phi) is 4.69. The number of nitrogens with one attached hydrogen (secondary N) is 1. The van der Waals surface area contributed by atoms with E-state index in [4.69, 9.17) is 4.74 Å². The Morgan fingerprint density at radius 3 is 2.90 bits per heavy atom. The lowest BCUT2D eigenvalue weighted by atomic mass is 10.2. The van der Waals surface area contributed by atoms with Gasteiger partial charge in [-0.25, -0.2) is 0 Å². The van der Waals surface area contributed by atoms with E-state index < -0.39 is 0 Å². The zero-order valence-electron chi connectivity index (χ0n) is 12.2. The molecule has 1 aromatic carbocycles. The number of aromatic nitrogens is 1. The van der Waals surface area contributed by atoms with Crippen molar-refractivity contribution in [3.05, 3.63) is 54.4 Å². The molecule has 1 aliphatic rings. The molecule has 4 nitrogen and oxygen atoms in total. The van der Waals surface area contributed by atoms with Gasteiger partial charge in [0.05, 0.1) is 0 Å². The van der Waals surface area contributed by atoms with E-state index in [2.05, 4.69) is 33.4 Å². The van der Waals surface area contributed by atoms with Crippen molar-refractivity contribution in [3.8, 4) is 5.75 Å². The Morgan fingerprint density at radius 2 is 2.00 bits per heavy atom. The fourth-order valence-electron chi connectivity index (χ4n) is 2.52. The molecule has 1 aliphatic heterocycles. The summed E-state index contributed by atoms with van der Waals surface area (Å²) in [5.74, 6) is 0.918. The molecule has 4 heteroatoms. The first-order chi connectivity index (χ1) is 10.4. The fraction of sp³-hybridized carbons (Fsp3) is 0.353. The maximum absolute atomic E-state index is 5.88. The van der Waals surface area contributed by atoms with E-state index in [-0.39, 0.29) is 0 Å². The van der Waals surface area contributed by atoms with Gasteiger partial charge in [0.15, 0.2) is 0 Å². The molecule has 0 saturated carbocycles. The number of rotatable bonds is 4. The maximum Gasteiger partial charge on any atom is 0.121 e. The Bertz CT molecular complexity index is 551. The third-order valence-corrected chi connectivity index (χ3v) is 3.68. The minimum Gasteiger partial charge on any atom is -0.489 e. The third-order valence-electron chi connectivity index (χ3n) is 3.68. The number of ether oxygens (including phenoxy) is 1. The lowest BCUT2D eigenvalue weighted by Gasteiger charge is -2.22. The number of anilines is 1. The fourth-order valence-corrected chi connectivity index (χ4v) is 2.52. The van der Waals surface area contributed by atoms with Crippen LogP contribution in [0.15, 0.2) is 48.8 Å². The topological polar surface area (TPSA) is 37.4 Å². The van der Waals surface area contributed by atoms with Gasteiger partial charge in [-0.05, 0) is 42.8 Å². The summed E-state index contributed by atoms with van der Waals surface area (Å²) >= 11 is 0. The van der Waals surface area contributed by atoms with E-state index in [1.807, 2.05) is 18.2 Å². The van der Waals surface area contributed by atoms with Crippen molar-refractivity contribution in [2.45, 2.75) is 13.0 Å². The van der Waals surface area contributed by atoms with Crippen LogP contribution >= 0.6 is 0 Å². The molecular weight excluding hydrogens is 262 g/mol. The number of benzene rings is 1. The van der Waals surface area contributed by atoms with E-state index in [1.165, 1.54) is 12.1 Å². The average Bonchev–Trinajstić information content (AvgIpc) is 2.83. The predicted octanol–water partition coefficient (Wildman–Crippen LogP) is 2.46. The van der Waals surface area contributed by atoms with Crippen LogP contribution in [0.25, 0.3) is 0 Å². The largest absolute Gasteiger partial charge is 0.489 e. The van der Waals surface area contributed by atoms with Crippen LogP contribution in [0.2, 0.25) is 0 Å². The van der Waals surface area contributed by atoms with Gasteiger partial charge in [0, 0.05) is 43.8 Å². The van der Waals surface area contributed by atoms with Gasteiger partial charge in [0.25, 0.3) is 0 Å². The summed E-state index contributed by atoms with van der Waals surface area (Å²) in [6.07, 6.45) is 4.76. The maximum atomic E-state index is 5.88. The molecule has 0 aliphatic carbocycles. The Labute approximate surface area is 125 Å². The summed E-state index contributed by atoms with van der Waals surface area (Å²) in [7, 11) is 0. The van der Waals surface area contributed by atoms with Gasteiger partial charge in [-0.1, -0.05) is 6.07 Å². The third kappa shape index (κ3) is 3.95.